The van der Waals surface area contributed by atoms with Crippen molar-refractivity contribution in [3.05, 3.63) is 48.7 Å². The fourth-order valence-electron chi connectivity index (χ4n) is 2.76. The van der Waals surface area contributed by atoms with Gasteiger partial charge in [0.15, 0.2) is 0 Å². The van der Waals surface area contributed by atoms with Gasteiger partial charge in [-0.2, -0.15) is 0 Å². The minimum Gasteiger partial charge on any atom is -0.370 e. The number of benzene rings is 1. The van der Waals surface area contributed by atoms with E-state index in [1.165, 1.54) is 25.7 Å². The van der Waals surface area contributed by atoms with Crippen molar-refractivity contribution in [2.24, 2.45) is 0 Å². The topological polar surface area (TPSA) is 62.3 Å². The lowest BCUT2D eigenvalue weighted by molar-refractivity contribution is 0.601. The predicted molar refractivity (Wildman–Crippen MR) is 92.2 cm³/mol. The molecule has 6 heteroatoms. The van der Waals surface area contributed by atoms with E-state index in [0.717, 1.165) is 18.8 Å². The molecule has 0 radical (unpaired) electrons. The fraction of sp³-hybridized carbons (Fsp3) is 0.353. The molecule has 0 amide bonds. The standard InChI is InChI=1S/C17H21N3O2S/c21-23(22,16-8-4-3-5-9-16)19-17-11-10-15(14-18-17)20-12-6-1-2-7-13-20/h3-5,8-11,14H,1-2,6-7,12-13H2,(H,18,19). The number of hydrogen-bond acceptors (Lipinski definition) is 4. The summed E-state index contributed by atoms with van der Waals surface area (Å²) in [6, 6.07) is 12.0. The highest BCUT2D eigenvalue weighted by atomic mass is 32.2. The summed E-state index contributed by atoms with van der Waals surface area (Å²) in [7, 11) is -3.58. The fourth-order valence-corrected chi connectivity index (χ4v) is 3.79. The van der Waals surface area contributed by atoms with E-state index in [4.69, 9.17) is 0 Å². The Labute approximate surface area is 137 Å². The van der Waals surface area contributed by atoms with Crippen LogP contribution in [0, 0.1) is 0 Å². The van der Waals surface area contributed by atoms with Gasteiger partial charge >= 0.3 is 0 Å². The molecule has 5 nitrogen and oxygen atoms in total. The molecule has 2 heterocycles. The van der Waals surface area contributed by atoms with Gasteiger partial charge in [0.2, 0.25) is 0 Å². The zero-order chi connectivity index (χ0) is 16.1. The van der Waals surface area contributed by atoms with Crippen molar-refractivity contribution >= 4 is 21.5 Å². The Morgan fingerprint density at radius 3 is 2.22 bits per heavy atom. The van der Waals surface area contributed by atoms with Crippen LogP contribution in [0.15, 0.2) is 53.6 Å². The maximum Gasteiger partial charge on any atom is 0.263 e. The summed E-state index contributed by atoms with van der Waals surface area (Å²) in [4.78, 5) is 6.81. The predicted octanol–water partition coefficient (Wildman–Crippen LogP) is 3.26. The van der Waals surface area contributed by atoms with Gasteiger partial charge in [-0.3, -0.25) is 4.72 Å². The average molecular weight is 331 g/mol. The second-order valence-corrected chi connectivity index (χ2v) is 7.40. The molecule has 0 aliphatic carbocycles. The molecule has 3 rings (SSSR count). The summed E-state index contributed by atoms with van der Waals surface area (Å²) in [6.45, 7) is 2.08. The molecule has 1 aromatic heterocycles. The molecule has 23 heavy (non-hydrogen) atoms. The first-order valence-corrected chi connectivity index (χ1v) is 9.42. The summed E-state index contributed by atoms with van der Waals surface area (Å²) in [5.74, 6) is 0.340. The second-order valence-electron chi connectivity index (χ2n) is 5.72. The third kappa shape index (κ3) is 4.01. The van der Waals surface area contributed by atoms with Crippen molar-refractivity contribution in [2.45, 2.75) is 30.6 Å². The van der Waals surface area contributed by atoms with Crippen LogP contribution in [0.1, 0.15) is 25.7 Å². The van der Waals surface area contributed by atoms with E-state index in [9.17, 15) is 8.42 Å². The van der Waals surface area contributed by atoms with Crippen LogP contribution in [0.3, 0.4) is 0 Å². The summed E-state index contributed by atoms with van der Waals surface area (Å²) >= 11 is 0. The zero-order valence-electron chi connectivity index (χ0n) is 13.0. The molecule has 1 fully saturated rings. The number of aromatic nitrogens is 1. The number of pyridine rings is 1. The molecular weight excluding hydrogens is 310 g/mol. The third-order valence-electron chi connectivity index (χ3n) is 4.01. The van der Waals surface area contributed by atoms with Gasteiger partial charge in [-0.05, 0) is 37.1 Å². The van der Waals surface area contributed by atoms with Crippen LogP contribution in [0.5, 0.6) is 0 Å². The van der Waals surface area contributed by atoms with Crippen LogP contribution in [0.25, 0.3) is 0 Å². The van der Waals surface area contributed by atoms with Crippen molar-refractivity contribution in [1.29, 1.82) is 0 Å². The molecule has 1 aliphatic heterocycles. The summed E-state index contributed by atoms with van der Waals surface area (Å²) < 4.78 is 27.1. The van der Waals surface area contributed by atoms with Gasteiger partial charge in [-0.15, -0.1) is 0 Å². The minimum atomic E-state index is -3.58. The first-order chi connectivity index (χ1) is 11.1. The van der Waals surface area contributed by atoms with Gasteiger partial charge in [0.1, 0.15) is 5.82 Å². The minimum absolute atomic E-state index is 0.235. The van der Waals surface area contributed by atoms with Crippen molar-refractivity contribution in [3.63, 3.8) is 0 Å². The molecule has 1 N–H and O–H groups in total. The Morgan fingerprint density at radius 2 is 1.61 bits per heavy atom. The van der Waals surface area contributed by atoms with Gasteiger partial charge in [-0.25, -0.2) is 13.4 Å². The average Bonchev–Trinajstić information content (AvgIpc) is 2.85. The van der Waals surface area contributed by atoms with E-state index in [2.05, 4.69) is 14.6 Å². The van der Waals surface area contributed by atoms with Crippen LogP contribution in [-0.2, 0) is 10.0 Å². The Kier molecular flexibility index (Phi) is 4.81. The number of anilines is 2. The smallest absolute Gasteiger partial charge is 0.263 e. The number of nitrogens with one attached hydrogen (secondary N) is 1. The van der Waals surface area contributed by atoms with Gasteiger partial charge in [0.25, 0.3) is 10.0 Å². The molecular formula is C17H21N3O2S. The Morgan fingerprint density at radius 1 is 0.913 bits per heavy atom. The van der Waals surface area contributed by atoms with E-state index in [1.54, 1.807) is 42.6 Å². The highest BCUT2D eigenvalue weighted by Gasteiger charge is 2.15. The number of sulfonamides is 1. The normalized spacial score (nSPS) is 15.9. The third-order valence-corrected chi connectivity index (χ3v) is 5.38. The van der Waals surface area contributed by atoms with E-state index in [-0.39, 0.29) is 4.90 Å². The lowest BCUT2D eigenvalue weighted by Gasteiger charge is -2.22. The Balaban J connectivity index is 1.72. The molecule has 1 saturated heterocycles. The largest absolute Gasteiger partial charge is 0.370 e. The van der Waals surface area contributed by atoms with Crippen LogP contribution >= 0.6 is 0 Å². The summed E-state index contributed by atoms with van der Waals surface area (Å²) in [6.07, 6.45) is 6.69. The molecule has 0 saturated carbocycles. The monoisotopic (exact) mass is 331 g/mol. The molecule has 122 valence electrons. The lowest BCUT2D eigenvalue weighted by Crippen LogP contribution is -2.24. The van der Waals surface area contributed by atoms with Gasteiger partial charge in [0, 0.05) is 13.1 Å². The lowest BCUT2D eigenvalue weighted by atomic mass is 10.2. The van der Waals surface area contributed by atoms with Crippen LogP contribution in [0.4, 0.5) is 11.5 Å². The van der Waals surface area contributed by atoms with E-state index >= 15 is 0 Å². The number of nitrogens with zero attached hydrogens (tertiary/aromatic N) is 2. The molecule has 1 aromatic carbocycles. The SMILES string of the molecule is O=S(=O)(Nc1ccc(N2CCCCCC2)cn1)c1ccccc1. The van der Waals surface area contributed by atoms with Crippen LogP contribution in [-0.4, -0.2) is 26.5 Å². The summed E-state index contributed by atoms with van der Waals surface area (Å²) in [5, 5.41) is 0. The number of hydrogen-bond donors (Lipinski definition) is 1. The van der Waals surface area contributed by atoms with Gasteiger partial charge in [-0.1, -0.05) is 31.0 Å². The van der Waals surface area contributed by atoms with Crippen LogP contribution < -0.4 is 9.62 Å². The second kappa shape index (κ2) is 7.00. The highest BCUT2D eigenvalue weighted by molar-refractivity contribution is 7.92. The highest BCUT2D eigenvalue weighted by Crippen LogP contribution is 2.21. The molecule has 0 spiro atoms. The number of rotatable bonds is 4. The zero-order valence-corrected chi connectivity index (χ0v) is 13.8. The molecule has 2 aromatic rings. The van der Waals surface area contributed by atoms with Crippen molar-refractivity contribution < 1.29 is 8.42 Å². The van der Waals surface area contributed by atoms with Gasteiger partial charge in [0.05, 0.1) is 16.8 Å². The molecule has 0 bridgehead atoms. The van der Waals surface area contributed by atoms with E-state index in [1.807, 2.05) is 6.07 Å². The maximum absolute atomic E-state index is 12.3. The molecule has 0 unspecified atom stereocenters. The molecule has 1 aliphatic rings. The quantitative estimate of drug-likeness (QED) is 0.934. The summed E-state index contributed by atoms with van der Waals surface area (Å²) in [5.41, 5.74) is 1.05. The van der Waals surface area contributed by atoms with Crippen molar-refractivity contribution in [2.75, 3.05) is 22.7 Å². The Hall–Kier alpha value is -2.08. The van der Waals surface area contributed by atoms with E-state index in [0.29, 0.717) is 5.82 Å². The van der Waals surface area contributed by atoms with Gasteiger partial charge < -0.3 is 4.90 Å². The first-order valence-electron chi connectivity index (χ1n) is 7.94. The molecule has 0 atom stereocenters. The maximum atomic E-state index is 12.3. The van der Waals surface area contributed by atoms with Crippen molar-refractivity contribution in [3.8, 4) is 0 Å². The van der Waals surface area contributed by atoms with Crippen LogP contribution in [0.2, 0.25) is 0 Å². The first kappa shape index (κ1) is 15.8. The Bertz CT molecular complexity index is 722. The van der Waals surface area contributed by atoms with E-state index < -0.39 is 10.0 Å². The van der Waals surface area contributed by atoms with Crippen molar-refractivity contribution in [1.82, 2.24) is 4.98 Å².